The van der Waals surface area contributed by atoms with Crippen LogP contribution in [0.2, 0.25) is 0 Å². The number of pyridine rings is 1. The SMILES string of the molecule is CCc1cc(OCc2cccnc2C#N)c(C(=O)O)s1. The third-order valence-corrected chi connectivity index (χ3v) is 3.92. The molecule has 6 heteroatoms. The summed E-state index contributed by atoms with van der Waals surface area (Å²) in [6.45, 7) is 2.08. The van der Waals surface area contributed by atoms with Crippen molar-refractivity contribution >= 4 is 17.3 Å². The van der Waals surface area contributed by atoms with Crippen LogP contribution < -0.4 is 4.74 Å². The minimum absolute atomic E-state index is 0.122. The number of carboxylic acid groups (broad SMARTS) is 1. The van der Waals surface area contributed by atoms with Gasteiger partial charge in [-0.1, -0.05) is 13.0 Å². The van der Waals surface area contributed by atoms with Crippen molar-refractivity contribution in [2.75, 3.05) is 0 Å². The van der Waals surface area contributed by atoms with E-state index in [1.54, 1.807) is 18.2 Å². The summed E-state index contributed by atoms with van der Waals surface area (Å²) in [5.41, 5.74) is 0.922. The van der Waals surface area contributed by atoms with E-state index in [1.165, 1.54) is 17.5 Å². The highest BCUT2D eigenvalue weighted by Crippen LogP contribution is 2.30. The van der Waals surface area contributed by atoms with Gasteiger partial charge in [-0.2, -0.15) is 5.26 Å². The van der Waals surface area contributed by atoms with E-state index in [4.69, 9.17) is 15.1 Å². The molecule has 0 bridgehead atoms. The van der Waals surface area contributed by atoms with E-state index in [0.29, 0.717) is 11.3 Å². The van der Waals surface area contributed by atoms with Crippen LogP contribution in [-0.2, 0) is 13.0 Å². The van der Waals surface area contributed by atoms with Crippen molar-refractivity contribution in [1.82, 2.24) is 4.98 Å². The number of aromatic carboxylic acids is 1. The van der Waals surface area contributed by atoms with Crippen molar-refractivity contribution < 1.29 is 14.6 Å². The maximum Gasteiger partial charge on any atom is 0.349 e. The molecule has 0 aliphatic carbocycles. The summed E-state index contributed by atoms with van der Waals surface area (Å²) in [4.78, 5) is 16.2. The smallest absolute Gasteiger partial charge is 0.349 e. The Labute approximate surface area is 120 Å². The summed E-state index contributed by atoms with van der Waals surface area (Å²) < 4.78 is 5.55. The van der Waals surface area contributed by atoms with Crippen LogP contribution in [0.4, 0.5) is 0 Å². The van der Waals surface area contributed by atoms with Gasteiger partial charge in [0.25, 0.3) is 0 Å². The Kier molecular flexibility index (Phi) is 4.33. The second-order valence-electron chi connectivity index (χ2n) is 3.98. The lowest BCUT2D eigenvalue weighted by Crippen LogP contribution is -2.02. The van der Waals surface area contributed by atoms with Crippen molar-refractivity contribution in [2.24, 2.45) is 0 Å². The van der Waals surface area contributed by atoms with Crippen molar-refractivity contribution in [2.45, 2.75) is 20.0 Å². The molecule has 0 aromatic carbocycles. The predicted octanol–water partition coefficient (Wildman–Crippen LogP) is 2.85. The van der Waals surface area contributed by atoms with Crippen LogP contribution in [0.3, 0.4) is 0 Å². The van der Waals surface area contributed by atoms with E-state index in [1.807, 2.05) is 13.0 Å². The number of ether oxygens (including phenoxy) is 1. The lowest BCUT2D eigenvalue weighted by Gasteiger charge is -2.06. The molecule has 0 aliphatic rings. The number of carboxylic acids is 1. The first-order valence-corrected chi connectivity index (χ1v) is 6.80. The van der Waals surface area contributed by atoms with E-state index in [-0.39, 0.29) is 17.2 Å². The molecule has 0 aliphatic heterocycles. The molecule has 0 amide bonds. The number of carbonyl (C=O) groups is 1. The number of nitrogens with zero attached hydrogens (tertiary/aromatic N) is 2. The highest BCUT2D eigenvalue weighted by Gasteiger charge is 2.16. The maximum absolute atomic E-state index is 11.2. The molecule has 1 N–H and O–H groups in total. The van der Waals surface area contributed by atoms with Gasteiger partial charge in [-0.15, -0.1) is 11.3 Å². The molecule has 0 atom stereocenters. The number of hydrogen-bond acceptors (Lipinski definition) is 5. The van der Waals surface area contributed by atoms with Crippen LogP contribution in [0.5, 0.6) is 5.75 Å². The Bertz CT molecular complexity index is 673. The van der Waals surface area contributed by atoms with Crippen molar-refractivity contribution in [1.29, 1.82) is 5.26 Å². The third-order valence-electron chi connectivity index (χ3n) is 2.67. The lowest BCUT2D eigenvalue weighted by molar-refractivity contribution is 0.0697. The summed E-state index contributed by atoms with van der Waals surface area (Å²) >= 11 is 1.21. The fourth-order valence-electron chi connectivity index (χ4n) is 1.66. The quantitative estimate of drug-likeness (QED) is 0.914. The first-order valence-electron chi connectivity index (χ1n) is 5.98. The molecular weight excluding hydrogens is 276 g/mol. The van der Waals surface area contributed by atoms with Crippen LogP contribution in [0.1, 0.15) is 32.7 Å². The Morgan fingerprint density at radius 3 is 3.05 bits per heavy atom. The predicted molar refractivity (Wildman–Crippen MR) is 73.9 cm³/mol. The van der Waals surface area contributed by atoms with Gasteiger partial charge in [0.2, 0.25) is 0 Å². The van der Waals surface area contributed by atoms with Gasteiger partial charge in [-0.05, 0) is 18.6 Å². The van der Waals surface area contributed by atoms with Gasteiger partial charge in [-0.25, -0.2) is 9.78 Å². The number of thiophene rings is 1. The Hall–Kier alpha value is -2.39. The molecule has 2 aromatic heterocycles. The summed E-state index contributed by atoms with van der Waals surface area (Å²) in [6, 6.07) is 7.16. The molecule has 2 heterocycles. The second kappa shape index (κ2) is 6.17. The minimum atomic E-state index is -1.00. The first kappa shape index (κ1) is 14.0. The van der Waals surface area contributed by atoms with Crippen molar-refractivity contribution in [3.8, 4) is 11.8 Å². The van der Waals surface area contributed by atoms with Crippen LogP contribution in [0.15, 0.2) is 24.4 Å². The van der Waals surface area contributed by atoms with Crippen LogP contribution in [-0.4, -0.2) is 16.1 Å². The average molecular weight is 288 g/mol. The standard InChI is InChI=1S/C14H12N2O3S/c1-2-10-6-12(13(20-10)14(17)18)19-8-9-4-3-5-16-11(9)7-15/h3-6H,2,8H2,1H3,(H,17,18). The molecule has 102 valence electrons. The minimum Gasteiger partial charge on any atom is -0.487 e. The number of aryl methyl sites for hydroxylation is 1. The maximum atomic E-state index is 11.2. The summed E-state index contributed by atoms with van der Waals surface area (Å²) in [7, 11) is 0. The van der Waals surface area contributed by atoms with E-state index in [2.05, 4.69) is 4.98 Å². The van der Waals surface area contributed by atoms with Gasteiger partial charge in [0.15, 0.2) is 4.88 Å². The van der Waals surface area contributed by atoms with Gasteiger partial charge in [-0.3, -0.25) is 0 Å². The Morgan fingerprint density at radius 2 is 2.40 bits per heavy atom. The number of hydrogen-bond donors (Lipinski definition) is 1. The first-order chi connectivity index (χ1) is 9.65. The van der Waals surface area contributed by atoms with Gasteiger partial charge in [0.1, 0.15) is 24.1 Å². The van der Waals surface area contributed by atoms with Gasteiger partial charge >= 0.3 is 5.97 Å². The zero-order valence-corrected chi connectivity index (χ0v) is 11.6. The number of nitriles is 1. The van der Waals surface area contributed by atoms with E-state index in [9.17, 15) is 4.79 Å². The largest absolute Gasteiger partial charge is 0.487 e. The molecule has 0 saturated heterocycles. The molecule has 5 nitrogen and oxygen atoms in total. The highest BCUT2D eigenvalue weighted by molar-refractivity contribution is 7.14. The molecule has 20 heavy (non-hydrogen) atoms. The third kappa shape index (κ3) is 2.95. The molecule has 0 saturated carbocycles. The zero-order valence-electron chi connectivity index (χ0n) is 10.8. The Balaban J connectivity index is 2.21. The molecule has 2 rings (SSSR count). The topological polar surface area (TPSA) is 83.2 Å². The summed E-state index contributed by atoms with van der Waals surface area (Å²) in [5.74, 6) is -0.663. The van der Waals surface area contributed by atoms with E-state index < -0.39 is 5.97 Å². The molecule has 0 fully saturated rings. The van der Waals surface area contributed by atoms with Gasteiger partial charge in [0, 0.05) is 16.6 Å². The van der Waals surface area contributed by atoms with Crippen LogP contribution in [0.25, 0.3) is 0 Å². The normalized spacial score (nSPS) is 10.0. The van der Waals surface area contributed by atoms with Crippen LogP contribution >= 0.6 is 11.3 Å². The fraction of sp³-hybridized carbons (Fsp3) is 0.214. The van der Waals surface area contributed by atoms with E-state index >= 15 is 0 Å². The van der Waals surface area contributed by atoms with Crippen molar-refractivity contribution in [3.63, 3.8) is 0 Å². The molecule has 0 spiro atoms. The number of aromatic nitrogens is 1. The fourth-order valence-corrected chi connectivity index (χ4v) is 2.54. The number of rotatable bonds is 5. The average Bonchev–Trinajstić information content (AvgIpc) is 2.89. The summed E-state index contributed by atoms with van der Waals surface area (Å²) in [5, 5.41) is 18.1. The zero-order chi connectivity index (χ0) is 14.5. The molecule has 0 radical (unpaired) electrons. The monoisotopic (exact) mass is 288 g/mol. The van der Waals surface area contributed by atoms with Gasteiger partial charge in [0.05, 0.1) is 0 Å². The molecule has 0 unspecified atom stereocenters. The van der Waals surface area contributed by atoms with E-state index in [0.717, 1.165) is 11.3 Å². The Morgan fingerprint density at radius 1 is 1.60 bits per heavy atom. The molecule has 2 aromatic rings. The highest BCUT2D eigenvalue weighted by atomic mass is 32.1. The summed E-state index contributed by atoms with van der Waals surface area (Å²) in [6.07, 6.45) is 2.29. The van der Waals surface area contributed by atoms with Crippen LogP contribution in [0, 0.1) is 11.3 Å². The second-order valence-corrected chi connectivity index (χ2v) is 5.11. The molecular formula is C14H12N2O3S. The lowest BCUT2D eigenvalue weighted by atomic mass is 10.2. The van der Waals surface area contributed by atoms with Gasteiger partial charge < -0.3 is 9.84 Å². The van der Waals surface area contributed by atoms with Crippen molar-refractivity contribution in [3.05, 3.63) is 45.4 Å².